The van der Waals surface area contributed by atoms with E-state index in [9.17, 15) is 22.8 Å². The summed E-state index contributed by atoms with van der Waals surface area (Å²) < 4.78 is 43.6. The first kappa shape index (κ1) is 16.8. The molecule has 2 rings (SSSR count). The Kier molecular flexibility index (Phi) is 4.57. The normalized spacial score (nSPS) is 21.1. The van der Waals surface area contributed by atoms with Crippen molar-refractivity contribution in [1.29, 1.82) is 0 Å². The molecule has 1 aromatic heterocycles. The fourth-order valence-electron chi connectivity index (χ4n) is 2.29. The summed E-state index contributed by atoms with van der Waals surface area (Å²) in [5.74, 6) is -5.30. The van der Waals surface area contributed by atoms with Crippen molar-refractivity contribution in [1.82, 2.24) is 14.9 Å². The molecule has 2 atom stereocenters. The van der Waals surface area contributed by atoms with E-state index in [-0.39, 0.29) is 11.6 Å². The first-order chi connectivity index (χ1) is 10.7. The van der Waals surface area contributed by atoms with Crippen LogP contribution in [0.4, 0.5) is 23.8 Å². The van der Waals surface area contributed by atoms with Crippen LogP contribution in [-0.4, -0.2) is 58.4 Å². The van der Waals surface area contributed by atoms with Crippen molar-refractivity contribution in [2.45, 2.75) is 6.18 Å². The van der Waals surface area contributed by atoms with E-state index in [4.69, 9.17) is 9.84 Å². The number of nitrogens with zero attached hydrogens (tertiary/aromatic N) is 3. The number of hydrogen-bond acceptors (Lipinski definition) is 5. The van der Waals surface area contributed by atoms with Gasteiger partial charge >= 0.3 is 18.2 Å². The van der Waals surface area contributed by atoms with E-state index in [1.54, 1.807) is 0 Å². The van der Waals surface area contributed by atoms with Gasteiger partial charge < -0.3 is 14.7 Å². The van der Waals surface area contributed by atoms with Gasteiger partial charge in [0, 0.05) is 13.1 Å². The minimum Gasteiger partial charge on any atom is -0.491 e. The number of ether oxygens (including phenoxy) is 1. The summed E-state index contributed by atoms with van der Waals surface area (Å²) in [4.78, 5) is 31.3. The largest absolute Gasteiger partial charge is 0.491 e. The first-order valence-electron chi connectivity index (χ1n) is 6.43. The van der Waals surface area contributed by atoms with Crippen molar-refractivity contribution in [3.8, 4) is 5.75 Å². The van der Waals surface area contributed by atoms with Crippen LogP contribution in [0, 0.1) is 11.8 Å². The van der Waals surface area contributed by atoms with E-state index in [1.165, 1.54) is 13.3 Å². The summed E-state index contributed by atoms with van der Waals surface area (Å²) in [7, 11) is 1.31. The molecule has 126 valence electrons. The van der Waals surface area contributed by atoms with Crippen LogP contribution in [0.25, 0.3) is 0 Å². The number of likely N-dealkylation sites (tertiary alicyclic amines) is 1. The molecule has 1 saturated heterocycles. The van der Waals surface area contributed by atoms with Crippen molar-refractivity contribution in [3.63, 3.8) is 0 Å². The second kappa shape index (κ2) is 6.26. The van der Waals surface area contributed by atoms with Gasteiger partial charge in [-0.3, -0.25) is 10.1 Å². The number of nitrogens with one attached hydrogen (secondary N) is 1. The molecule has 11 heteroatoms. The Morgan fingerprint density at radius 1 is 1.43 bits per heavy atom. The number of alkyl halides is 3. The van der Waals surface area contributed by atoms with Gasteiger partial charge in [0.05, 0.1) is 25.1 Å². The summed E-state index contributed by atoms with van der Waals surface area (Å²) in [6, 6.07) is -0.889. The first-order valence-corrected chi connectivity index (χ1v) is 6.43. The quantitative estimate of drug-likeness (QED) is 0.861. The molecular formula is C12H13F3N4O4. The topological polar surface area (TPSA) is 105 Å². The molecule has 0 saturated carbocycles. The number of anilines is 1. The number of aromatic nitrogens is 2. The zero-order valence-corrected chi connectivity index (χ0v) is 11.9. The van der Waals surface area contributed by atoms with Crippen LogP contribution in [0.15, 0.2) is 12.5 Å². The highest BCUT2D eigenvalue weighted by Gasteiger charge is 2.53. The van der Waals surface area contributed by atoms with Gasteiger partial charge in [-0.05, 0) is 0 Å². The van der Waals surface area contributed by atoms with Crippen molar-refractivity contribution in [2.24, 2.45) is 11.8 Å². The van der Waals surface area contributed by atoms with Gasteiger partial charge in [-0.15, -0.1) is 0 Å². The lowest BCUT2D eigenvalue weighted by Crippen LogP contribution is -2.35. The lowest BCUT2D eigenvalue weighted by Gasteiger charge is -2.18. The van der Waals surface area contributed by atoms with Crippen LogP contribution in [0.5, 0.6) is 5.75 Å². The third kappa shape index (κ3) is 3.60. The van der Waals surface area contributed by atoms with E-state index in [0.717, 1.165) is 11.2 Å². The molecule has 0 unspecified atom stereocenters. The number of amides is 2. The number of carboxylic acids is 1. The molecule has 1 aliphatic heterocycles. The number of carbonyl (C=O) groups excluding carboxylic acids is 1. The maximum Gasteiger partial charge on any atom is 0.394 e. The number of aliphatic carboxylic acids is 1. The highest BCUT2D eigenvalue weighted by molar-refractivity contribution is 5.90. The second-order valence-electron chi connectivity index (χ2n) is 4.87. The van der Waals surface area contributed by atoms with E-state index in [1.807, 2.05) is 0 Å². The van der Waals surface area contributed by atoms with E-state index >= 15 is 0 Å². The molecule has 0 aliphatic carbocycles. The molecule has 0 aromatic carbocycles. The van der Waals surface area contributed by atoms with Gasteiger partial charge in [-0.1, -0.05) is 0 Å². The zero-order valence-electron chi connectivity index (χ0n) is 11.9. The van der Waals surface area contributed by atoms with Gasteiger partial charge in [0.25, 0.3) is 0 Å². The smallest absolute Gasteiger partial charge is 0.394 e. The van der Waals surface area contributed by atoms with E-state index < -0.39 is 43.1 Å². The van der Waals surface area contributed by atoms with Crippen molar-refractivity contribution in [3.05, 3.63) is 12.5 Å². The molecule has 0 spiro atoms. The maximum atomic E-state index is 12.9. The standard InChI is InChI=1S/C12H13F3N4O4/c1-23-8-2-16-5-17-9(8)18-11(22)19-3-6(10(20)21)7(4-19)12(13,14)15/h2,5-7H,3-4H2,1H3,(H,20,21)(H,16,17,18,22)/t6-,7-/m1/s1. The number of rotatable bonds is 3. The van der Waals surface area contributed by atoms with Crippen LogP contribution < -0.4 is 10.1 Å². The lowest BCUT2D eigenvalue weighted by molar-refractivity contribution is -0.187. The second-order valence-corrected chi connectivity index (χ2v) is 4.87. The lowest BCUT2D eigenvalue weighted by atomic mass is 9.96. The van der Waals surface area contributed by atoms with Gasteiger partial charge in [0.1, 0.15) is 6.33 Å². The van der Waals surface area contributed by atoms with Gasteiger partial charge in [-0.25, -0.2) is 14.8 Å². The predicted octanol–water partition coefficient (Wildman–Crippen LogP) is 1.21. The van der Waals surface area contributed by atoms with Crippen LogP contribution >= 0.6 is 0 Å². The maximum absolute atomic E-state index is 12.9. The highest BCUT2D eigenvalue weighted by atomic mass is 19.4. The summed E-state index contributed by atoms with van der Waals surface area (Å²) in [5.41, 5.74) is 0. The van der Waals surface area contributed by atoms with E-state index in [0.29, 0.717) is 0 Å². The monoisotopic (exact) mass is 334 g/mol. The van der Waals surface area contributed by atoms with Crippen molar-refractivity contribution >= 4 is 17.8 Å². The van der Waals surface area contributed by atoms with Crippen LogP contribution in [0.2, 0.25) is 0 Å². The summed E-state index contributed by atoms with van der Waals surface area (Å²) >= 11 is 0. The molecule has 0 radical (unpaired) electrons. The Morgan fingerprint density at radius 3 is 2.65 bits per heavy atom. The third-order valence-electron chi connectivity index (χ3n) is 3.47. The Bertz CT molecular complexity index is 610. The number of hydrogen-bond donors (Lipinski definition) is 2. The fourth-order valence-corrected chi connectivity index (χ4v) is 2.29. The third-order valence-corrected chi connectivity index (χ3v) is 3.47. The molecule has 0 bridgehead atoms. The molecule has 2 N–H and O–H groups in total. The number of methoxy groups -OCH3 is 1. The van der Waals surface area contributed by atoms with Gasteiger partial charge in [-0.2, -0.15) is 13.2 Å². The van der Waals surface area contributed by atoms with Crippen LogP contribution in [-0.2, 0) is 4.79 Å². The summed E-state index contributed by atoms with van der Waals surface area (Å²) in [6.45, 7) is -1.28. The molecule has 2 heterocycles. The number of carbonyl (C=O) groups is 2. The molecule has 1 aromatic rings. The predicted molar refractivity (Wildman–Crippen MR) is 69.8 cm³/mol. The zero-order chi connectivity index (χ0) is 17.2. The van der Waals surface area contributed by atoms with Crippen LogP contribution in [0.1, 0.15) is 0 Å². The molecule has 1 aliphatic rings. The Labute approximate surface area is 128 Å². The van der Waals surface area contributed by atoms with Gasteiger partial charge in [0.2, 0.25) is 0 Å². The van der Waals surface area contributed by atoms with Gasteiger partial charge in [0.15, 0.2) is 11.6 Å². The molecule has 2 amide bonds. The van der Waals surface area contributed by atoms with Crippen molar-refractivity contribution in [2.75, 3.05) is 25.5 Å². The average molecular weight is 334 g/mol. The SMILES string of the molecule is COc1cncnc1NC(=O)N1C[C@@H](C(F)(F)F)[C@H](C(=O)O)C1. The van der Waals surface area contributed by atoms with Crippen LogP contribution in [0.3, 0.4) is 0 Å². The molecule has 1 fully saturated rings. The molecular weight excluding hydrogens is 321 g/mol. The van der Waals surface area contributed by atoms with E-state index in [2.05, 4.69) is 15.3 Å². The molecule has 23 heavy (non-hydrogen) atoms. The average Bonchev–Trinajstić information content (AvgIpc) is 2.93. The molecule has 8 nitrogen and oxygen atoms in total. The number of halogens is 3. The Morgan fingerprint density at radius 2 is 2.13 bits per heavy atom. The summed E-state index contributed by atoms with van der Waals surface area (Å²) in [5, 5.41) is 11.2. The highest BCUT2D eigenvalue weighted by Crippen LogP contribution is 2.38. The minimum absolute atomic E-state index is 0.0187. The Hall–Kier alpha value is -2.59. The number of carboxylic acid groups (broad SMARTS) is 1. The minimum atomic E-state index is -4.70. The van der Waals surface area contributed by atoms with Crippen molar-refractivity contribution < 1.29 is 32.6 Å². The number of urea groups is 1. The summed E-state index contributed by atoms with van der Waals surface area (Å²) in [6.07, 6.45) is -2.31. The Balaban J connectivity index is 2.13. The fraction of sp³-hybridized carbons (Fsp3) is 0.500.